The molecule has 0 radical (unpaired) electrons. The normalized spacial score (nSPS) is 24.2. The van der Waals surface area contributed by atoms with Crippen molar-refractivity contribution < 1.29 is 14.3 Å². The van der Waals surface area contributed by atoms with Crippen LogP contribution in [0.4, 0.5) is 0 Å². The lowest BCUT2D eigenvalue weighted by molar-refractivity contribution is -0.130. The van der Waals surface area contributed by atoms with Gasteiger partial charge in [0.25, 0.3) is 0 Å². The van der Waals surface area contributed by atoms with Crippen molar-refractivity contribution in [2.24, 2.45) is 5.73 Å². The molecule has 1 atom stereocenters. The minimum absolute atomic E-state index is 0.200. The van der Waals surface area contributed by atoms with Crippen molar-refractivity contribution in [2.75, 3.05) is 6.61 Å². The van der Waals surface area contributed by atoms with Gasteiger partial charge in [0, 0.05) is 12.5 Å². The number of ether oxygens (including phenoxy) is 2. The van der Waals surface area contributed by atoms with Crippen LogP contribution in [0.2, 0.25) is 0 Å². The van der Waals surface area contributed by atoms with Crippen LogP contribution in [-0.4, -0.2) is 18.8 Å². The van der Waals surface area contributed by atoms with Crippen LogP contribution in [0.3, 0.4) is 0 Å². The number of carbonyl (C=O) groups is 1. The Hall–Kier alpha value is -1.03. The Kier molecular flexibility index (Phi) is 3.60. The maximum Gasteiger partial charge on any atom is 0.244 e. The van der Waals surface area contributed by atoms with E-state index in [1.807, 2.05) is 0 Å². The van der Waals surface area contributed by atoms with E-state index in [0.717, 1.165) is 25.9 Å². The van der Waals surface area contributed by atoms with E-state index in [1.54, 1.807) is 0 Å². The molecule has 0 saturated carbocycles. The van der Waals surface area contributed by atoms with E-state index in [0.29, 0.717) is 0 Å². The Morgan fingerprint density at radius 3 is 3.00 bits per heavy atom. The molecule has 4 nitrogen and oxygen atoms in total. The topological polar surface area (TPSA) is 61.6 Å². The molecule has 0 aromatic heterocycles. The molecule has 1 amide bonds. The van der Waals surface area contributed by atoms with E-state index < -0.39 is 5.91 Å². The van der Waals surface area contributed by atoms with Gasteiger partial charge in [0.1, 0.15) is 0 Å². The molecule has 0 aliphatic carbocycles. The van der Waals surface area contributed by atoms with Crippen molar-refractivity contribution in [1.82, 2.24) is 0 Å². The molecule has 12 heavy (non-hydrogen) atoms. The monoisotopic (exact) mass is 171 g/mol. The minimum atomic E-state index is -0.509. The van der Waals surface area contributed by atoms with Gasteiger partial charge in [0.15, 0.2) is 6.29 Å². The highest BCUT2D eigenvalue weighted by Crippen LogP contribution is 2.13. The first-order valence-electron chi connectivity index (χ1n) is 4.02. The first-order chi connectivity index (χ1) is 5.79. The Balaban J connectivity index is 2.17. The van der Waals surface area contributed by atoms with Gasteiger partial charge < -0.3 is 15.2 Å². The molecule has 0 aromatic carbocycles. The van der Waals surface area contributed by atoms with Crippen LogP contribution in [0, 0.1) is 0 Å². The van der Waals surface area contributed by atoms with E-state index in [2.05, 4.69) is 0 Å². The lowest BCUT2D eigenvalue weighted by Crippen LogP contribution is -2.20. The van der Waals surface area contributed by atoms with Crippen LogP contribution in [0.5, 0.6) is 0 Å². The largest absolute Gasteiger partial charge is 0.472 e. The predicted molar refractivity (Wildman–Crippen MR) is 43.0 cm³/mol. The van der Waals surface area contributed by atoms with Gasteiger partial charge in [-0.1, -0.05) is 0 Å². The summed E-state index contributed by atoms with van der Waals surface area (Å²) in [6.45, 7) is 0.731. The Labute approximate surface area is 71.3 Å². The molecule has 1 aliphatic heterocycles. The average molecular weight is 171 g/mol. The van der Waals surface area contributed by atoms with Crippen molar-refractivity contribution in [3.63, 3.8) is 0 Å². The molecule has 1 heterocycles. The number of hydrogen-bond donors (Lipinski definition) is 1. The Bertz CT molecular complexity index is 173. The summed E-state index contributed by atoms with van der Waals surface area (Å²) in [5, 5.41) is 0. The molecule has 0 bridgehead atoms. The van der Waals surface area contributed by atoms with E-state index in [1.165, 1.54) is 12.3 Å². The van der Waals surface area contributed by atoms with E-state index in [4.69, 9.17) is 15.2 Å². The second kappa shape index (κ2) is 4.77. The van der Waals surface area contributed by atoms with Crippen LogP contribution in [0.25, 0.3) is 0 Å². The third-order valence-corrected chi connectivity index (χ3v) is 1.60. The number of hydrogen-bond acceptors (Lipinski definition) is 3. The molecule has 4 heteroatoms. The fraction of sp³-hybridized carbons (Fsp3) is 0.625. The van der Waals surface area contributed by atoms with E-state index in [-0.39, 0.29) is 6.29 Å². The van der Waals surface area contributed by atoms with Crippen LogP contribution in [0.1, 0.15) is 19.3 Å². The fourth-order valence-electron chi connectivity index (χ4n) is 1.01. The number of amides is 1. The number of carbonyl (C=O) groups excluding carboxylic acids is 1. The van der Waals surface area contributed by atoms with Crippen molar-refractivity contribution in [1.29, 1.82) is 0 Å². The number of primary amides is 1. The quantitative estimate of drug-likeness (QED) is 0.497. The number of rotatable bonds is 3. The Morgan fingerprint density at radius 1 is 1.58 bits per heavy atom. The molecule has 1 fully saturated rings. The smallest absolute Gasteiger partial charge is 0.244 e. The zero-order chi connectivity index (χ0) is 8.81. The van der Waals surface area contributed by atoms with Crippen molar-refractivity contribution in [3.05, 3.63) is 12.3 Å². The molecule has 1 unspecified atom stereocenters. The first-order valence-corrected chi connectivity index (χ1v) is 4.02. The zero-order valence-electron chi connectivity index (χ0n) is 6.86. The lowest BCUT2D eigenvalue weighted by atomic mass is 10.2. The average Bonchev–Trinajstić information content (AvgIpc) is 2.05. The summed E-state index contributed by atoms with van der Waals surface area (Å²) in [5.41, 5.74) is 4.86. The summed E-state index contributed by atoms with van der Waals surface area (Å²) < 4.78 is 10.3. The molecular weight excluding hydrogens is 158 g/mol. The molecule has 1 aliphatic rings. The molecule has 0 aromatic rings. The molecule has 1 rings (SSSR count). The van der Waals surface area contributed by atoms with E-state index >= 15 is 0 Å². The summed E-state index contributed by atoms with van der Waals surface area (Å²) in [7, 11) is 0. The highest BCUT2D eigenvalue weighted by atomic mass is 16.7. The lowest BCUT2D eigenvalue weighted by Gasteiger charge is -2.21. The van der Waals surface area contributed by atoms with Gasteiger partial charge in [-0.25, -0.2) is 0 Å². The van der Waals surface area contributed by atoms with Gasteiger partial charge in [0.2, 0.25) is 5.91 Å². The van der Waals surface area contributed by atoms with Crippen molar-refractivity contribution in [2.45, 2.75) is 25.6 Å². The highest BCUT2D eigenvalue weighted by Gasteiger charge is 2.12. The third kappa shape index (κ3) is 3.39. The van der Waals surface area contributed by atoms with E-state index in [9.17, 15) is 4.79 Å². The van der Waals surface area contributed by atoms with Gasteiger partial charge in [-0.15, -0.1) is 0 Å². The number of nitrogens with two attached hydrogens (primary N) is 1. The summed E-state index contributed by atoms with van der Waals surface area (Å²) in [6, 6.07) is 0. The van der Waals surface area contributed by atoms with Gasteiger partial charge in [-0.2, -0.15) is 0 Å². The summed E-state index contributed by atoms with van der Waals surface area (Å²) >= 11 is 0. The molecule has 68 valence electrons. The third-order valence-electron chi connectivity index (χ3n) is 1.60. The predicted octanol–water partition coefficient (Wildman–Crippen LogP) is 0.529. The fourth-order valence-corrected chi connectivity index (χ4v) is 1.01. The molecular formula is C8H13NO3. The SMILES string of the molecule is NC(=O)C=COC1CCCCO1. The minimum Gasteiger partial charge on any atom is -0.472 e. The van der Waals surface area contributed by atoms with Crippen LogP contribution < -0.4 is 5.73 Å². The van der Waals surface area contributed by atoms with Gasteiger partial charge in [-0.3, -0.25) is 4.79 Å². The van der Waals surface area contributed by atoms with Gasteiger partial charge in [0.05, 0.1) is 12.9 Å². The highest BCUT2D eigenvalue weighted by molar-refractivity contribution is 5.85. The Morgan fingerprint density at radius 2 is 2.42 bits per heavy atom. The van der Waals surface area contributed by atoms with Crippen LogP contribution in [-0.2, 0) is 14.3 Å². The maximum absolute atomic E-state index is 10.3. The second-order valence-corrected chi connectivity index (χ2v) is 2.64. The van der Waals surface area contributed by atoms with Gasteiger partial charge in [-0.05, 0) is 12.8 Å². The molecule has 1 saturated heterocycles. The molecule has 2 N–H and O–H groups in total. The van der Waals surface area contributed by atoms with Gasteiger partial charge >= 0.3 is 0 Å². The second-order valence-electron chi connectivity index (χ2n) is 2.64. The summed E-state index contributed by atoms with van der Waals surface area (Å²) in [4.78, 5) is 10.3. The maximum atomic E-state index is 10.3. The first kappa shape index (κ1) is 9.06. The van der Waals surface area contributed by atoms with Crippen molar-refractivity contribution in [3.8, 4) is 0 Å². The van der Waals surface area contributed by atoms with Crippen molar-refractivity contribution >= 4 is 5.91 Å². The standard InChI is InChI=1S/C8H13NO3/c9-7(10)4-6-12-8-3-1-2-5-11-8/h4,6,8H,1-3,5H2,(H2,9,10). The zero-order valence-corrected chi connectivity index (χ0v) is 6.86. The molecule has 0 spiro atoms. The summed E-state index contributed by atoms with van der Waals surface area (Å²) in [6.07, 6.45) is 5.34. The summed E-state index contributed by atoms with van der Waals surface area (Å²) in [5.74, 6) is -0.509. The van der Waals surface area contributed by atoms with Crippen LogP contribution in [0.15, 0.2) is 12.3 Å². The van der Waals surface area contributed by atoms with Crippen LogP contribution >= 0.6 is 0 Å².